The molecule has 1 aliphatic heterocycles. The lowest BCUT2D eigenvalue weighted by molar-refractivity contribution is -0.126. The number of fused-ring (bicyclic) bond motifs is 1. The van der Waals surface area contributed by atoms with E-state index >= 15 is 0 Å². The van der Waals surface area contributed by atoms with Crippen molar-refractivity contribution in [3.05, 3.63) is 72.3 Å². The lowest BCUT2D eigenvalue weighted by Crippen LogP contribution is -2.43. The third kappa shape index (κ3) is 4.64. The molecular formula is C25H28N2O4S. The maximum atomic E-state index is 12.9. The largest absolute Gasteiger partial charge is 0.497 e. The van der Waals surface area contributed by atoms with E-state index in [0.29, 0.717) is 31.7 Å². The van der Waals surface area contributed by atoms with Crippen molar-refractivity contribution in [2.45, 2.75) is 30.7 Å². The molecule has 1 saturated heterocycles. The Morgan fingerprint density at radius 3 is 2.31 bits per heavy atom. The van der Waals surface area contributed by atoms with Crippen LogP contribution in [0.3, 0.4) is 0 Å². The summed E-state index contributed by atoms with van der Waals surface area (Å²) in [5, 5.41) is 5.42. The minimum atomic E-state index is -3.58. The molecule has 6 nitrogen and oxygen atoms in total. The summed E-state index contributed by atoms with van der Waals surface area (Å²) < 4.78 is 32.4. The van der Waals surface area contributed by atoms with Crippen LogP contribution in [0.5, 0.6) is 5.75 Å². The number of hydrogen-bond donors (Lipinski definition) is 1. The van der Waals surface area contributed by atoms with Gasteiger partial charge in [0.1, 0.15) is 5.75 Å². The minimum absolute atomic E-state index is 0.0212. The van der Waals surface area contributed by atoms with Crippen LogP contribution in [0.4, 0.5) is 0 Å². The molecule has 3 aromatic carbocycles. The van der Waals surface area contributed by atoms with E-state index in [4.69, 9.17) is 4.74 Å². The second kappa shape index (κ2) is 9.30. The summed E-state index contributed by atoms with van der Waals surface area (Å²) in [5.74, 6) is 0.396. The lowest BCUT2D eigenvalue weighted by Gasteiger charge is -2.31. The number of hydrogen-bond acceptors (Lipinski definition) is 4. The van der Waals surface area contributed by atoms with Crippen LogP contribution in [0.15, 0.2) is 71.6 Å². The zero-order chi connectivity index (χ0) is 22.7. The number of carbonyl (C=O) groups is 1. The number of sulfonamides is 1. The Hall–Kier alpha value is -2.90. The average molecular weight is 453 g/mol. The van der Waals surface area contributed by atoms with Gasteiger partial charge in [0.2, 0.25) is 15.9 Å². The van der Waals surface area contributed by atoms with Crippen molar-refractivity contribution in [2.24, 2.45) is 5.92 Å². The molecule has 0 aliphatic carbocycles. The number of rotatable bonds is 6. The predicted molar refractivity (Wildman–Crippen MR) is 125 cm³/mol. The Labute approximate surface area is 189 Å². The third-order valence-electron chi connectivity index (χ3n) is 6.15. The molecule has 0 spiro atoms. The third-order valence-corrected chi connectivity index (χ3v) is 8.07. The zero-order valence-corrected chi connectivity index (χ0v) is 19.1. The quantitative estimate of drug-likeness (QED) is 0.610. The lowest BCUT2D eigenvalue weighted by atomic mass is 9.96. The van der Waals surface area contributed by atoms with Crippen LogP contribution >= 0.6 is 0 Å². The first kappa shape index (κ1) is 22.3. The van der Waals surface area contributed by atoms with Gasteiger partial charge in [-0.15, -0.1) is 0 Å². The summed E-state index contributed by atoms with van der Waals surface area (Å²) in [6.07, 6.45) is 1.01. The highest BCUT2D eigenvalue weighted by Gasteiger charge is 2.32. The van der Waals surface area contributed by atoms with E-state index in [-0.39, 0.29) is 22.8 Å². The van der Waals surface area contributed by atoms with Crippen LogP contribution < -0.4 is 10.1 Å². The van der Waals surface area contributed by atoms with E-state index in [1.54, 1.807) is 31.4 Å². The summed E-state index contributed by atoms with van der Waals surface area (Å²) in [6.45, 7) is 2.64. The Morgan fingerprint density at radius 2 is 1.66 bits per heavy atom. The highest BCUT2D eigenvalue weighted by Crippen LogP contribution is 2.26. The number of carbonyl (C=O) groups excluding carboxylic acids is 1. The number of methoxy groups -OCH3 is 1. The maximum Gasteiger partial charge on any atom is 0.243 e. The summed E-state index contributed by atoms with van der Waals surface area (Å²) >= 11 is 0. The molecular weight excluding hydrogens is 424 g/mol. The van der Waals surface area contributed by atoms with Crippen LogP contribution in [0, 0.1) is 5.92 Å². The van der Waals surface area contributed by atoms with E-state index in [1.807, 2.05) is 25.1 Å². The number of amides is 1. The van der Waals surface area contributed by atoms with Gasteiger partial charge in [-0.25, -0.2) is 8.42 Å². The van der Waals surface area contributed by atoms with Crippen molar-refractivity contribution in [3.8, 4) is 5.75 Å². The fourth-order valence-electron chi connectivity index (χ4n) is 4.15. The summed E-state index contributed by atoms with van der Waals surface area (Å²) in [4.78, 5) is 13.1. The molecule has 1 fully saturated rings. The van der Waals surface area contributed by atoms with Crippen molar-refractivity contribution in [1.82, 2.24) is 9.62 Å². The Balaban J connectivity index is 1.36. The first-order valence-corrected chi connectivity index (χ1v) is 12.3. The highest BCUT2D eigenvalue weighted by atomic mass is 32.2. The van der Waals surface area contributed by atoms with Crippen LogP contribution in [0.1, 0.15) is 31.4 Å². The first-order valence-electron chi connectivity index (χ1n) is 10.8. The maximum absolute atomic E-state index is 12.9. The number of nitrogens with one attached hydrogen (secondary N) is 1. The zero-order valence-electron chi connectivity index (χ0n) is 18.3. The van der Waals surface area contributed by atoms with Crippen molar-refractivity contribution in [1.29, 1.82) is 0 Å². The second-order valence-corrected chi connectivity index (χ2v) is 10.1. The van der Waals surface area contributed by atoms with E-state index < -0.39 is 10.0 Å². The predicted octanol–water partition coefficient (Wildman–Crippen LogP) is 4.13. The molecule has 1 aliphatic rings. The molecule has 1 atom stereocenters. The molecule has 0 unspecified atom stereocenters. The van der Waals surface area contributed by atoms with E-state index in [1.165, 1.54) is 9.69 Å². The molecule has 168 valence electrons. The van der Waals surface area contributed by atoms with Crippen LogP contribution in [0.2, 0.25) is 0 Å². The standard InChI is InChI=1S/C25H28N2O4S/c1-18(21-8-7-19-5-3-4-6-22(19)17-21)26-25(28)20-13-15-27(16-14-20)32(29,30)24-11-9-23(31-2)10-12-24/h3-12,17-18,20H,13-16H2,1-2H3,(H,26,28)/t18-/m0/s1. The highest BCUT2D eigenvalue weighted by molar-refractivity contribution is 7.89. The van der Waals surface area contributed by atoms with Gasteiger partial charge in [-0.1, -0.05) is 36.4 Å². The monoisotopic (exact) mass is 452 g/mol. The molecule has 3 aromatic rings. The Bertz CT molecular complexity index is 1200. The van der Waals surface area contributed by atoms with Gasteiger partial charge in [0.05, 0.1) is 18.0 Å². The SMILES string of the molecule is COc1ccc(S(=O)(=O)N2CCC(C(=O)N[C@@H](C)c3ccc4ccccc4c3)CC2)cc1. The summed E-state index contributed by atoms with van der Waals surface area (Å²) in [6, 6.07) is 20.6. The molecule has 4 rings (SSSR count). The van der Waals surface area contributed by atoms with Gasteiger partial charge in [-0.05, 0) is 66.4 Å². The van der Waals surface area contributed by atoms with Gasteiger partial charge in [0, 0.05) is 19.0 Å². The number of piperidine rings is 1. The van der Waals surface area contributed by atoms with Crippen LogP contribution in [-0.2, 0) is 14.8 Å². The molecule has 0 aromatic heterocycles. The van der Waals surface area contributed by atoms with Gasteiger partial charge in [0.15, 0.2) is 0 Å². The van der Waals surface area contributed by atoms with Gasteiger partial charge in [-0.3, -0.25) is 4.79 Å². The number of benzene rings is 3. The Morgan fingerprint density at radius 1 is 1.00 bits per heavy atom. The summed E-state index contributed by atoms with van der Waals surface area (Å²) in [5.41, 5.74) is 1.05. The molecule has 32 heavy (non-hydrogen) atoms. The van der Waals surface area contributed by atoms with Gasteiger partial charge < -0.3 is 10.1 Å². The minimum Gasteiger partial charge on any atom is -0.497 e. The van der Waals surface area contributed by atoms with E-state index in [0.717, 1.165) is 10.9 Å². The topological polar surface area (TPSA) is 75.7 Å². The van der Waals surface area contributed by atoms with Gasteiger partial charge >= 0.3 is 0 Å². The number of nitrogens with zero attached hydrogens (tertiary/aromatic N) is 1. The van der Waals surface area contributed by atoms with E-state index in [9.17, 15) is 13.2 Å². The summed E-state index contributed by atoms with van der Waals surface area (Å²) in [7, 11) is -2.04. The normalized spacial score (nSPS) is 16.6. The molecule has 1 N–H and O–H groups in total. The molecule has 0 bridgehead atoms. The Kier molecular flexibility index (Phi) is 6.48. The fourth-order valence-corrected chi connectivity index (χ4v) is 5.62. The fraction of sp³-hybridized carbons (Fsp3) is 0.320. The molecule has 7 heteroatoms. The van der Waals surface area contributed by atoms with Gasteiger partial charge in [0.25, 0.3) is 0 Å². The second-order valence-electron chi connectivity index (χ2n) is 8.19. The van der Waals surface area contributed by atoms with Crippen molar-refractivity contribution < 1.29 is 17.9 Å². The van der Waals surface area contributed by atoms with Gasteiger partial charge in [-0.2, -0.15) is 4.31 Å². The van der Waals surface area contributed by atoms with Crippen molar-refractivity contribution in [3.63, 3.8) is 0 Å². The first-order chi connectivity index (χ1) is 15.4. The number of ether oxygens (including phenoxy) is 1. The molecule has 0 saturated carbocycles. The molecule has 1 heterocycles. The van der Waals surface area contributed by atoms with Crippen LogP contribution in [-0.4, -0.2) is 38.8 Å². The average Bonchev–Trinajstić information content (AvgIpc) is 2.83. The van der Waals surface area contributed by atoms with E-state index in [2.05, 4.69) is 29.6 Å². The smallest absolute Gasteiger partial charge is 0.243 e. The molecule has 1 amide bonds. The van der Waals surface area contributed by atoms with Crippen LogP contribution in [0.25, 0.3) is 10.8 Å². The van der Waals surface area contributed by atoms with Crippen molar-refractivity contribution >= 4 is 26.7 Å². The molecule has 0 radical (unpaired) electrons. The van der Waals surface area contributed by atoms with Crippen molar-refractivity contribution in [2.75, 3.05) is 20.2 Å².